The maximum atomic E-state index is 12.7. The Morgan fingerprint density at radius 2 is 1.44 bits per heavy atom. The van der Waals surface area contributed by atoms with Crippen LogP contribution in [0.5, 0.6) is 0 Å². The molecule has 0 bridgehead atoms. The Morgan fingerprint density at radius 3 is 1.97 bits per heavy atom. The van der Waals surface area contributed by atoms with Gasteiger partial charge in [-0.2, -0.15) is 0 Å². The molecule has 1 aromatic rings. The summed E-state index contributed by atoms with van der Waals surface area (Å²) in [4.78, 5) is 60.0. The molecule has 12 nitrogen and oxygen atoms in total. The van der Waals surface area contributed by atoms with E-state index in [-0.39, 0.29) is 26.0 Å². The molecule has 0 heterocycles. The monoisotopic (exact) mass is 481 g/mol. The summed E-state index contributed by atoms with van der Waals surface area (Å²) in [5.74, 6) is -3.86. The summed E-state index contributed by atoms with van der Waals surface area (Å²) in [5, 5.41) is 30.2. The lowest BCUT2D eigenvalue weighted by Crippen LogP contribution is -2.52. The van der Waals surface area contributed by atoms with Crippen LogP contribution in [0.3, 0.4) is 0 Å². The lowest BCUT2D eigenvalue weighted by atomic mass is 10.1. The molecule has 1 aromatic carbocycles. The van der Waals surface area contributed by atoms with Gasteiger partial charge in [-0.1, -0.05) is 30.3 Å². The highest BCUT2D eigenvalue weighted by molar-refractivity contribution is 5.86. The molecule has 0 fully saturated rings. The van der Waals surface area contributed by atoms with E-state index in [2.05, 4.69) is 5.32 Å². The van der Waals surface area contributed by atoms with Crippen LogP contribution in [-0.4, -0.2) is 87.9 Å². The average Bonchev–Trinajstić information content (AvgIpc) is 2.79. The van der Waals surface area contributed by atoms with Gasteiger partial charge in [-0.15, -0.1) is 0 Å². The van der Waals surface area contributed by atoms with Crippen LogP contribution in [0.25, 0.3) is 0 Å². The third kappa shape index (κ3) is 9.76. The molecular formula is C22H31N3O9. The van der Waals surface area contributed by atoms with Crippen molar-refractivity contribution in [2.45, 2.75) is 50.8 Å². The summed E-state index contributed by atoms with van der Waals surface area (Å²) in [5.41, 5.74) is 0.840. The maximum Gasteiger partial charge on any atom is 0.407 e. The Bertz CT molecular complexity index is 847. The average molecular weight is 482 g/mol. The van der Waals surface area contributed by atoms with E-state index in [4.69, 9.17) is 9.84 Å². The topological polar surface area (TPSA) is 174 Å². The Labute approximate surface area is 197 Å². The highest BCUT2D eigenvalue weighted by atomic mass is 16.5. The molecule has 0 aromatic heterocycles. The van der Waals surface area contributed by atoms with Gasteiger partial charge in [0.25, 0.3) is 0 Å². The van der Waals surface area contributed by atoms with E-state index in [1.807, 2.05) is 30.3 Å². The second-order valence-electron chi connectivity index (χ2n) is 7.63. The third-order valence-corrected chi connectivity index (χ3v) is 5.13. The fourth-order valence-corrected chi connectivity index (χ4v) is 3.17. The zero-order valence-electron chi connectivity index (χ0n) is 19.2. The van der Waals surface area contributed by atoms with Crippen LogP contribution in [0.15, 0.2) is 30.3 Å². The smallest absolute Gasteiger partial charge is 0.407 e. The third-order valence-electron chi connectivity index (χ3n) is 5.13. The number of carboxylic acid groups (broad SMARTS) is 3. The van der Waals surface area contributed by atoms with Crippen molar-refractivity contribution in [3.05, 3.63) is 35.9 Å². The van der Waals surface area contributed by atoms with E-state index in [0.717, 1.165) is 15.4 Å². The van der Waals surface area contributed by atoms with Crippen LogP contribution in [0.2, 0.25) is 0 Å². The molecule has 0 aliphatic heterocycles. The molecule has 34 heavy (non-hydrogen) atoms. The fraction of sp³-hybridized carbons (Fsp3) is 0.500. The second-order valence-corrected chi connectivity index (χ2v) is 7.63. The molecule has 2 atom stereocenters. The first-order valence-corrected chi connectivity index (χ1v) is 10.7. The van der Waals surface area contributed by atoms with Crippen molar-refractivity contribution in [2.24, 2.45) is 0 Å². The molecule has 0 saturated heterocycles. The molecule has 12 heteroatoms. The van der Waals surface area contributed by atoms with Crippen LogP contribution in [0.1, 0.15) is 37.7 Å². The number of urea groups is 1. The van der Waals surface area contributed by atoms with Crippen molar-refractivity contribution in [1.29, 1.82) is 0 Å². The molecule has 0 spiro atoms. The first-order chi connectivity index (χ1) is 16.0. The van der Waals surface area contributed by atoms with Gasteiger partial charge in [0.05, 0.1) is 0 Å². The molecule has 0 radical (unpaired) electrons. The van der Waals surface area contributed by atoms with Crippen LogP contribution in [0, 0.1) is 0 Å². The van der Waals surface area contributed by atoms with E-state index in [0.29, 0.717) is 12.8 Å². The van der Waals surface area contributed by atoms with Crippen LogP contribution >= 0.6 is 0 Å². The highest BCUT2D eigenvalue weighted by Crippen LogP contribution is 2.14. The number of hydrogen-bond donors (Lipinski definition) is 4. The predicted molar refractivity (Wildman–Crippen MR) is 119 cm³/mol. The quantitative estimate of drug-likeness (QED) is 0.289. The summed E-state index contributed by atoms with van der Waals surface area (Å²) >= 11 is 0. The lowest BCUT2D eigenvalue weighted by molar-refractivity contribution is -0.143. The SMILES string of the molecule is CN(C(=O)N(C)[C@@H](CCC(=O)O)C(=O)O)[C@@H](CCCCNC(=O)OCc1ccccc1)C(=O)O. The first-order valence-electron chi connectivity index (χ1n) is 10.7. The predicted octanol–water partition coefficient (Wildman–Crippen LogP) is 1.84. The zero-order chi connectivity index (χ0) is 25.7. The summed E-state index contributed by atoms with van der Waals surface area (Å²) in [6, 6.07) is 5.65. The number of alkyl carbamates (subject to hydrolysis) is 1. The van der Waals surface area contributed by atoms with Gasteiger partial charge in [0, 0.05) is 27.1 Å². The number of hydrogen-bond acceptors (Lipinski definition) is 6. The van der Waals surface area contributed by atoms with E-state index in [1.165, 1.54) is 14.1 Å². The molecular weight excluding hydrogens is 450 g/mol. The van der Waals surface area contributed by atoms with Crippen molar-refractivity contribution in [3.63, 3.8) is 0 Å². The van der Waals surface area contributed by atoms with E-state index >= 15 is 0 Å². The number of carboxylic acids is 3. The minimum absolute atomic E-state index is 0.0685. The number of amides is 3. The van der Waals surface area contributed by atoms with Gasteiger partial charge in [0.2, 0.25) is 0 Å². The lowest BCUT2D eigenvalue weighted by Gasteiger charge is -2.32. The van der Waals surface area contributed by atoms with Gasteiger partial charge in [0.15, 0.2) is 0 Å². The summed E-state index contributed by atoms with van der Waals surface area (Å²) in [6.45, 7) is 0.367. The van der Waals surface area contributed by atoms with Gasteiger partial charge in [0.1, 0.15) is 18.7 Å². The molecule has 0 aliphatic carbocycles. The number of nitrogens with zero attached hydrogens (tertiary/aromatic N) is 2. The van der Waals surface area contributed by atoms with Crippen molar-refractivity contribution < 1.29 is 44.0 Å². The van der Waals surface area contributed by atoms with E-state index < -0.39 is 48.5 Å². The molecule has 188 valence electrons. The van der Waals surface area contributed by atoms with Crippen molar-refractivity contribution in [1.82, 2.24) is 15.1 Å². The summed E-state index contributed by atoms with van der Waals surface area (Å²) in [7, 11) is 2.43. The van der Waals surface area contributed by atoms with Crippen molar-refractivity contribution in [2.75, 3.05) is 20.6 Å². The number of carbonyl (C=O) groups is 5. The van der Waals surface area contributed by atoms with Crippen molar-refractivity contribution in [3.8, 4) is 0 Å². The number of likely N-dealkylation sites (N-methyl/N-ethyl adjacent to an activating group) is 2. The standard InChI is InChI=1S/C22H31N3O9/c1-24(22(33)25(2)17(20(30)31)11-12-18(26)27)16(19(28)29)10-6-7-13-23-21(32)34-14-15-8-4-3-5-9-15/h3-5,8-9,16-17H,6-7,10-14H2,1-2H3,(H,23,32)(H,26,27)(H,28,29)(H,30,31)/t16-,17-/m0/s1. The van der Waals surface area contributed by atoms with Gasteiger partial charge >= 0.3 is 30.0 Å². The molecule has 0 aliphatic rings. The Balaban J connectivity index is 2.50. The number of unbranched alkanes of at least 4 members (excludes halogenated alkanes) is 1. The number of carbonyl (C=O) groups excluding carboxylic acids is 2. The minimum atomic E-state index is -1.41. The number of aliphatic carboxylic acids is 3. The van der Waals surface area contributed by atoms with Crippen LogP contribution < -0.4 is 5.32 Å². The maximum absolute atomic E-state index is 12.7. The Morgan fingerprint density at radius 1 is 0.882 bits per heavy atom. The normalized spacial score (nSPS) is 12.2. The number of rotatable bonds is 14. The first kappa shape index (κ1) is 28.2. The van der Waals surface area contributed by atoms with Crippen LogP contribution in [0.4, 0.5) is 9.59 Å². The van der Waals surface area contributed by atoms with Gasteiger partial charge in [-0.25, -0.2) is 19.2 Å². The van der Waals surface area contributed by atoms with Crippen molar-refractivity contribution >= 4 is 30.0 Å². The van der Waals surface area contributed by atoms with E-state index in [1.54, 1.807) is 0 Å². The number of benzene rings is 1. The Hall–Kier alpha value is -3.83. The fourth-order valence-electron chi connectivity index (χ4n) is 3.17. The number of nitrogens with one attached hydrogen (secondary N) is 1. The Kier molecular flexibility index (Phi) is 11.9. The molecule has 1 rings (SSSR count). The largest absolute Gasteiger partial charge is 0.481 e. The highest BCUT2D eigenvalue weighted by Gasteiger charge is 2.33. The van der Waals surface area contributed by atoms with Gasteiger partial charge in [-0.05, 0) is 31.2 Å². The molecule has 0 unspecified atom stereocenters. The molecule has 0 saturated carbocycles. The molecule has 3 amide bonds. The summed E-state index contributed by atoms with van der Waals surface area (Å²) < 4.78 is 5.08. The van der Waals surface area contributed by atoms with Crippen LogP contribution in [-0.2, 0) is 25.7 Å². The van der Waals surface area contributed by atoms with Gasteiger partial charge < -0.3 is 35.2 Å². The zero-order valence-corrected chi connectivity index (χ0v) is 19.2. The summed E-state index contributed by atoms with van der Waals surface area (Å²) in [6.07, 6.45) is -0.518. The minimum Gasteiger partial charge on any atom is -0.481 e. The van der Waals surface area contributed by atoms with E-state index in [9.17, 15) is 34.2 Å². The second kappa shape index (κ2) is 14.3. The van der Waals surface area contributed by atoms with Gasteiger partial charge in [-0.3, -0.25) is 4.79 Å². The molecule has 4 N–H and O–H groups in total. The number of ether oxygens (including phenoxy) is 1.